The van der Waals surface area contributed by atoms with Crippen LogP contribution in [0.15, 0.2) is 39.9 Å². The van der Waals surface area contributed by atoms with Crippen LogP contribution in [0.3, 0.4) is 0 Å². The Morgan fingerprint density at radius 1 is 1.25 bits per heavy atom. The molecule has 1 N–H and O–H groups in total. The van der Waals surface area contributed by atoms with Crippen LogP contribution in [0.25, 0.3) is 0 Å². The van der Waals surface area contributed by atoms with Crippen LogP contribution < -0.4 is 11.1 Å². The molecule has 0 unspecified atom stereocenters. The largest absolute Gasteiger partial charge is 0.330 e. The molecule has 0 amide bonds. The lowest BCUT2D eigenvalue weighted by atomic mass is 10.1. The van der Waals surface area contributed by atoms with Crippen LogP contribution in [0.5, 0.6) is 0 Å². The highest BCUT2D eigenvalue weighted by Gasteiger charge is 2.00. The Bertz CT molecular complexity index is 572. The van der Waals surface area contributed by atoms with Gasteiger partial charge in [0.25, 0.3) is 0 Å². The van der Waals surface area contributed by atoms with E-state index < -0.39 is 11.1 Å². The smallest absolute Gasteiger partial charge is 0.283 e. The van der Waals surface area contributed by atoms with Gasteiger partial charge in [-0.1, -0.05) is 30.3 Å². The SMILES string of the molecule is O=c1[nH]n[c]n(CCc2ccccc2)c1=O. The van der Waals surface area contributed by atoms with Crippen LogP contribution in [-0.4, -0.2) is 14.8 Å². The lowest BCUT2D eigenvalue weighted by Gasteiger charge is -2.02. The number of aryl methyl sites for hydroxylation is 2. The lowest BCUT2D eigenvalue weighted by Crippen LogP contribution is -2.37. The molecule has 0 aliphatic heterocycles. The average molecular weight is 216 g/mol. The summed E-state index contributed by atoms with van der Waals surface area (Å²) >= 11 is 0. The summed E-state index contributed by atoms with van der Waals surface area (Å²) in [6, 6.07) is 9.71. The van der Waals surface area contributed by atoms with Gasteiger partial charge in [0.15, 0.2) is 0 Å². The summed E-state index contributed by atoms with van der Waals surface area (Å²) in [7, 11) is 0. The Hall–Kier alpha value is -2.17. The maximum atomic E-state index is 11.3. The van der Waals surface area contributed by atoms with Gasteiger partial charge in [-0.2, -0.15) is 5.10 Å². The molecule has 0 saturated carbocycles. The summed E-state index contributed by atoms with van der Waals surface area (Å²) in [5.74, 6) is 0. The van der Waals surface area contributed by atoms with E-state index in [1.165, 1.54) is 4.57 Å². The second kappa shape index (κ2) is 4.57. The molecule has 81 valence electrons. The molecule has 0 spiro atoms. The minimum Gasteiger partial charge on any atom is -0.283 e. The number of nitrogens with zero attached hydrogens (tertiary/aromatic N) is 2. The van der Waals surface area contributed by atoms with E-state index >= 15 is 0 Å². The first-order valence-electron chi connectivity index (χ1n) is 4.88. The van der Waals surface area contributed by atoms with E-state index in [1.54, 1.807) is 0 Å². The van der Waals surface area contributed by atoms with Crippen molar-refractivity contribution in [2.45, 2.75) is 13.0 Å². The van der Waals surface area contributed by atoms with E-state index in [0.29, 0.717) is 13.0 Å². The predicted octanol–water partition coefficient (Wildman–Crippen LogP) is -0.0255. The number of benzene rings is 1. The van der Waals surface area contributed by atoms with E-state index in [9.17, 15) is 9.59 Å². The summed E-state index contributed by atoms with van der Waals surface area (Å²) in [6.45, 7) is 0.403. The standard InChI is InChI=1S/C11H10N3O2/c15-10-11(16)14(8-12-13-10)7-6-9-4-2-1-3-5-9/h1-5H,6-7H2,(H,13,15). The van der Waals surface area contributed by atoms with Crippen molar-refractivity contribution in [3.05, 3.63) is 62.9 Å². The van der Waals surface area contributed by atoms with Crippen LogP contribution in [0.4, 0.5) is 0 Å². The van der Waals surface area contributed by atoms with Crippen LogP contribution in [0.2, 0.25) is 0 Å². The third-order valence-electron chi connectivity index (χ3n) is 2.23. The molecule has 1 heterocycles. The van der Waals surface area contributed by atoms with Crippen molar-refractivity contribution in [1.82, 2.24) is 14.8 Å². The second-order valence-corrected chi connectivity index (χ2v) is 3.35. The number of nitrogens with one attached hydrogen (secondary N) is 1. The molecular weight excluding hydrogens is 206 g/mol. The fourth-order valence-corrected chi connectivity index (χ4v) is 1.39. The van der Waals surface area contributed by atoms with E-state index in [1.807, 2.05) is 35.4 Å². The fourth-order valence-electron chi connectivity index (χ4n) is 1.39. The van der Waals surface area contributed by atoms with E-state index in [4.69, 9.17) is 0 Å². The van der Waals surface area contributed by atoms with Gasteiger partial charge in [-0.25, -0.2) is 5.10 Å². The van der Waals surface area contributed by atoms with Gasteiger partial charge in [0.05, 0.1) is 0 Å². The highest BCUT2D eigenvalue weighted by Crippen LogP contribution is 1.99. The molecule has 0 fully saturated rings. The normalized spacial score (nSPS) is 10.2. The van der Waals surface area contributed by atoms with Crippen molar-refractivity contribution >= 4 is 0 Å². The number of aromatic nitrogens is 3. The highest BCUT2D eigenvalue weighted by atomic mass is 16.2. The summed E-state index contributed by atoms with van der Waals surface area (Å²) in [5, 5.41) is 5.50. The van der Waals surface area contributed by atoms with Crippen molar-refractivity contribution in [2.75, 3.05) is 0 Å². The van der Waals surface area contributed by atoms with E-state index in [2.05, 4.69) is 11.4 Å². The number of hydrogen-bond donors (Lipinski definition) is 1. The molecule has 0 aliphatic carbocycles. The Labute approximate surface area is 91.4 Å². The summed E-state index contributed by atoms with van der Waals surface area (Å²) in [6.07, 6.45) is 3.12. The zero-order valence-corrected chi connectivity index (χ0v) is 8.51. The Morgan fingerprint density at radius 2 is 2.00 bits per heavy atom. The number of rotatable bonds is 3. The van der Waals surface area contributed by atoms with Crippen molar-refractivity contribution in [2.24, 2.45) is 0 Å². The average Bonchev–Trinajstić information content (AvgIpc) is 2.32. The van der Waals surface area contributed by atoms with Gasteiger partial charge in [-0.05, 0) is 12.0 Å². The minimum atomic E-state index is -0.716. The first kappa shape index (κ1) is 10.4. The molecule has 2 aromatic rings. The van der Waals surface area contributed by atoms with Gasteiger partial charge >= 0.3 is 11.1 Å². The fraction of sp³-hybridized carbons (Fsp3) is 0.182. The predicted molar refractivity (Wildman–Crippen MR) is 58.1 cm³/mol. The molecule has 0 atom stereocenters. The molecular formula is C11H10N3O2. The molecule has 16 heavy (non-hydrogen) atoms. The summed E-state index contributed by atoms with van der Waals surface area (Å²) in [5.41, 5.74) is -0.235. The van der Waals surface area contributed by atoms with Crippen LogP contribution >= 0.6 is 0 Å². The minimum absolute atomic E-state index is 0.403. The molecule has 1 aromatic carbocycles. The molecule has 1 aromatic heterocycles. The molecule has 0 bridgehead atoms. The van der Waals surface area contributed by atoms with Crippen LogP contribution in [0.1, 0.15) is 5.56 Å². The maximum absolute atomic E-state index is 11.3. The first-order chi connectivity index (χ1) is 7.77. The molecule has 0 aliphatic rings. The topological polar surface area (TPSA) is 67.8 Å². The Balaban J connectivity index is 2.14. The van der Waals surface area contributed by atoms with Crippen LogP contribution in [-0.2, 0) is 13.0 Å². The Morgan fingerprint density at radius 3 is 2.75 bits per heavy atom. The van der Waals surface area contributed by atoms with Crippen molar-refractivity contribution in [1.29, 1.82) is 0 Å². The van der Waals surface area contributed by atoms with E-state index in [0.717, 1.165) is 5.56 Å². The molecule has 0 saturated heterocycles. The van der Waals surface area contributed by atoms with Crippen molar-refractivity contribution < 1.29 is 0 Å². The quantitative estimate of drug-likeness (QED) is 0.733. The van der Waals surface area contributed by atoms with Gasteiger partial charge in [-0.15, -0.1) is 0 Å². The first-order valence-corrected chi connectivity index (χ1v) is 4.88. The molecule has 1 radical (unpaired) electrons. The number of hydrogen-bond acceptors (Lipinski definition) is 3. The van der Waals surface area contributed by atoms with E-state index in [-0.39, 0.29) is 0 Å². The van der Waals surface area contributed by atoms with Gasteiger partial charge in [0.2, 0.25) is 6.33 Å². The summed E-state index contributed by atoms with van der Waals surface area (Å²) < 4.78 is 1.19. The zero-order valence-electron chi connectivity index (χ0n) is 8.51. The zero-order chi connectivity index (χ0) is 11.4. The van der Waals surface area contributed by atoms with Gasteiger partial charge < -0.3 is 0 Å². The molecule has 5 nitrogen and oxygen atoms in total. The number of H-pyrrole nitrogens is 1. The lowest BCUT2D eigenvalue weighted by molar-refractivity contribution is 0.621. The third-order valence-corrected chi connectivity index (χ3v) is 2.23. The highest BCUT2D eigenvalue weighted by molar-refractivity contribution is 5.14. The van der Waals surface area contributed by atoms with Gasteiger partial charge in [-0.3, -0.25) is 14.2 Å². The van der Waals surface area contributed by atoms with Crippen molar-refractivity contribution in [3.8, 4) is 0 Å². The number of aromatic amines is 1. The van der Waals surface area contributed by atoms with Gasteiger partial charge in [0.1, 0.15) is 0 Å². The van der Waals surface area contributed by atoms with Crippen LogP contribution in [0, 0.1) is 6.33 Å². The maximum Gasteiger partial charge on any atom is 0.330 e. The second-order valence-electron chi connectivity index (χ2n) is 3.35. The molecule has 5 heteroatoms. The molecule has 2 rings (SSSR count). The monoisotopic (exact) mass is 216 g/mol. The summed E-state index contributed by atoms with van der Waals surface area (Å²) in [4.78, 5) is 22.3. The van der Waals surface area contributed by atoms with Gasteiger partial charge in [0, 0.05) is 6.54 Å². The Kier molecular flexibility index (Phi) is 2.95. The van der Waals surface area contributed by atoms with Crippen molar-refractivity contribution in [3.63, 3.8) is 0 Å². The third kappa shape index (κ3) is 2.25.